The maximum absolute atomic E-state index is 12.7. The van der Waals surface area contributed by atoms with Crippen LogP contribution in [0.3, 0.4) is 0 Å². The first-order valence-corrected chi connectivity index (χ1v) is 3.39. The van der Waals surface area contributed by atoms with Gasteiger partial charge in [-0.05, 0) is 6.07 Å². The van der Waals surface area contributed by atoms with Gasteiger partial charge >= 0.3 is 6.18 Å². The summed E-state index contributed by atoms with van der Waals surface area (Å²) in [5.41, 5.74) is -2.18. The Morgan fingerprint density at radius 3 is 2.07 bits per heavy atom. The SMILES string of the molecule is C#Cc1cc(C(F)(F)F)c(F)cc1F. The fourth-order valence-electron chi connectivity index (χ4n) is 0.877. The maximum Gasteiger partial charge on any atom is 0.419 e. The highest BCUT2D eigenvalue weighted by molar-refractivity contribution is 5.38. The van der Waals surface area contributed by atoms with E-state index in [1.807, 2.05) is 0 Å². The van der Waals surface area contributed by atoms with Crippen molar-refractivity contribution in [2.24, 2.45) is 0 Å². The van der Waals surface area contributed by atoms with Gasteiger partial charge in [-0.2, -0.15) is 13.2 Å². The van der Waals surface area contributed by atoms with Crippen molar-refractivity contribution in [3.63, 3.8) is 0 Å². The number of alkyl halides is 3. The number of hydrogen-bond acceptors (Lipinski definition) is 0. The predicted octanol–water partition coefficient (Wildman–Crippen LogP) is 2.96. The topological polar surface area (TPSA) is 0 Å². The van der Waals surface area contributed by atoms with Crippen molar-refractivity contribution < 1.29 is 22.0 Å². The number of benzene rings is 1. The van der Waals surface area contributed by atoms with Crippen LogP contribution < -0.4 is 0 Å². The first kappa shape index (κ1) is 10.5. The van der Waals surface area contributed by atoms with Crippen LogP contribution in [-0.4, -0.2) is 0 Å². The molecule has 14 heavy (non-hydrogen) atoms. The zero-order valence-electron chi connectivity index (χ0n) is 6.62. The molecule has 0 radical (unpaired) electrons. The maximum atomic E-state index is 12.7. The highest BCUT2D eigenvalue weighted by atomic mass is 19.4. The first-order valence-electron chi connectivity index (χ1n) is 3.39. The minimum absolute atomic E-state index is 0.123. The van der Waals surface area contributed by atoms with Crippen LogP contribution in [-0.2, 0) is 6.18 Å². The molecule has 0 bridgehead atoms. The summed E-state index contributed by atoms with van der Waals surface area (Å²) in [6.07, 6.45) is -0.139. The summed E-state index contributed by atoms with van der Waals surface area (Å²) in [5, 5.41) is 0. The first-order chi connectivity index (χ1) is 6.36. The van der Waals surface area contributed by atoms with E-state index in [4.69, 9.17) is 6.42 Å². The van der Waals surface area contributed by atoms with Gasteiger partial charge in [0.2, 0.25) is 0 Å². The lowest BCUT2D eigenvalue weighted by Crippen LogP contribution is -2.09. The smallest absolute Gasteiger partial charge is 0.206 e. The zero-order valence-corrected chi connectivity index (χ0v) is 6.62. The number of halogens is 5. The second-order valence-corrected chi connectivity index (χ2v) is 2.45. The Morgan fingerprint density at radius 2 is 1.64 bits per heavy atom. The minimum atomic E-state index is -4.87. The number of hydrogen-bond donors (Lipinski definition) is 0. The molecule has 0 N–H and O–H groups in total. The summed E-state index contributed by atoms with van der Waals surface area (Å²) < 4.78 is 61.5. The van der Waals surface area contributed by atoms with Gasteiger partial charge in [-0.1, -0.05) is 5.92 Å². The number of terminal acetylenes is 1. The molecule has 0 aliphatic rings. The van der Waals surface area contributed by atoms with Crippen LogP contribution >= 0.6 is 0 Å². The summed E-state index contributed by atoms with van der Waals surface area (Å²) in [4.78, 5) is 0. The molecule has 0 aliphatic heterocycles. The fourth-order valence-corrected chi connectivity index (χ4v) is 0.877. The van der Waals surface area contributed by atoms with E-state index in [1.54, 1.807) is 5.92 Å². The van der Waals surface area contributed by atoms with Gasteiger partial charge in [0.1, 0.15) is 11.6 Å². The average Bonchev–Trinajstić information content (AvgIpc) is 2.02. The van der Waals surface area contributed by atoms with E-state index < -0.39 is 28.9 Å². The molecule has 0 amide bonds. The van der Waals surface area contributed by atoms with Gasteiger partial charge in [0, 0.05) is 6.07 Å². The summed E-state index contributed by atoms with van der Waals surface area (Å²) in [7, 11) is 0. The lowest BCUT2D eigenvalue weighted by Gasteiger charge is -2.08. The third-order valence-electron chi connectivity index (χ3n) is 1.52. The molecule has 74 valence electrons. The molecule has 0 fully saturated rings. The molecule has 0 aromatic heterocycles. The Morgan fingerprint density at radius 1 is 1.07 bits per heavy atom. The molecule has 0 saturated carbocycles. The molecule has 0 aliphatic carbocycles. The third-order valence-corrected chi connectivity index (χ3v) is 1.52. The van der Waals surface area contributed by atoms with Gasteiger partial charge in [-0.25, -0.2) is 8.78 Å². The molecule has 0 nitrogen and oxygen atoms in total. The van der Waals surface area contributed by atoms with Crippen LogP contribution in [0.4, 0.5) is 22.0 Å². The van der Waals surface area contributed by atoms with Crippen molar-refractivity contribution >= 4 is 0 Å². The van der Waals surface area contributed by atoms with E-state index in [1.165, 1.54) is 0 Å². The van der Waals surface area contributed by atoms with E-state index in [2.05, 4.69) is 0 Å². The summed E-state index contributed by atoms with van der Waals surface area (Å²) >= 11 is 0. The van der Waals surface area contributed by atoms with Crippen molar-refractivity contribution in [1.82, 2.24) is 0 Å². The van der Waals surface area contributed by atoms with Crippen LogP contribution in [0.25, 0.3) is 0 Å². The molecule has 5 heteroatoms. The lowest BCUT2D eigenvalue weighted by molar-refractivity contribution is -0.140. The van der Waals surface area contributed by atoms with E-state index in [0.29, 0.717) is 0 Å². The van der Waals surface area contributed by atoms with Crippen molar-refractivity contribution in [3.8, 4) is 12.3 Å². The van der Waals surface area contributed by atoms with Crippen LogP contribution in [0, 0.1) is 24.0 Å². The molecule has 0 heterocycles. The highest BCUT2D eigenvalue weighted by Crippen LogP contribution is 2.32. The van der Waals surface area contributed by atoms with Crippen LogP contribution in [0.15, 0.2) is 12.1 Å². The molecule has 0 saturated heterocycles. The molecule has 0 unspecified atom stereocenters. The molecule has 0 spiro atoms. The van der Waals surface area contributed by atoms with Gasteiger partial charge in [0.05, 0.1) is 11.1 Å². The highest BCUT2D eigenvalue weighted by Gasteiger charge is 2.34. The summed E-state index contributed by atoms with van der Waals surface area (Å²) in [6, 6.07) is 0.392. The quantitative estimate of drug-likeness (QED) is 0.452. The Labute approximate surface area is 76.4 Å². The van der Waals surface area contributed by atoms with E-state index in [0.717, 1.165) is 0 Å². The van der Waals surface area contributed by atoms with Crippen molar-refractivity contribution in [2.45, 2.75) is 6.18 Å². The van der Waals surface area contributed by atoms with Crippen LogP contribution in [0.5, 0.6) is 0 Å². The molecule has 0 atom stereocenters. The molecular weight excluding hydrogens is 203 g/mol. The van der Waals surface area contributed by atoms with Gasteiger partial charge in [-0.3, -0.25) is 0 Å². The second kappa shape index (κ2) is 3.29. The Hall–Kier alpha value is -1.57. The van der Waals surface area contributed by atoms with Gasteiger partial charge in [0.25, 0.3) is 0 Å². The lowest BCUT2D eigenvalue weighted by atomic mass is 10.1. The Bertz CT molecular complexity index is 397. The summed E-state index contributed by atoms with van der Waals surface area (Å²) in [6.45, 7) is 0. The van der Waals surface area contributed by atoms with Crippen LogP contribution in [0.2, 0.25) is 0 Å². The monoisotopic (exact) mass is 206 g/mol. The fraction of sp³-hybridized carbons (Fsp3) is 0.111. The molecule has 1 rings (SSSR count). The van der Waals surface area contributed by atoms with Crippen molar-refractivity contribution in [3.05, 3.63) is 34.9 Å². The molecular formula is C9H3F5. The third kappa shape index (κ3) is 1.84. The number of rotatable bonds is 0. The predicted molar refractivity (Wildman–Crippen MR) is 39.3 cm³/mol. The van der Waals surface area contributed by atoms with E-state index >= 15 is 0 Å². The van der Waals surface area contributed by atoms with Gasteiger partial charge in [-0.15, -0.1) is 6.42 Å². The summed E-state index contributed by atoms with van der Waals surface area (Å²) in [5.74, 6) is -1.16. The standard InChI is InChI=1S/C9H3F5/c1-2-5-3-6(9(12,13)14)8(11)4-7(5)10/h1,3-4H. The van der Waals surface area contributed by atoms with Crippen molar-refractivity contribution in [2.75, 3.05) is 0 Å². The normalized spacial score (nSPS) is 11.1. The largest absolute Gasteiger partial charge is 0.419 e. The molecule has 1 aromatic rings. The van der Waals surface area contributed by atoms with E-state index in [9.17, 15) is 22.0 Å². The van der Waals surface area contributed by atoms with Gasteiger partial charge < -0.3 is 0 Å². The van der Waals surface area contributed by atoms with Gasteiger partial charge in [0.15, 0.2) is 0 Å². The average molecular weight is 206 g/mol. The Kier molecular flexibility index (Phi) is 2.47. The Balaban J connectivity index is 3.41. The van der Waals surface area contributed by atoms with Crippen molar-refractivity contribution in [1.29, 1.82) is 0 Å². The second-order valence-electron chi connectivity index (χ2n) is 2.45. The van der Waals surface area contributed by atoms with Crippen LogP contribution in [0.1, 0.15) is 11.1 Å². The minimum Gasteiger partial charge on any atom is -0.206 e. The zero-order chi connectivity index (χ0) is 10.9. The molecule has 1 aromatic carbocycles. The van der Waals surface area contributed by atoms with E-state index in [-0.39, 0.29) is 12.1 Å².